The zero-order valence-corrected chi connectivity index (χ0v) is 30.7. The van der Waals surface area contributed by atoms with Crippen molar-refractivity contribution in [2.24, 2.45) is 33.8 Å². The first-order chi connectivity index (χ1) is 21.9. The van der Waals surface area contributed by atoms with Gasteiger partial charge in [0.15, 0.2) is 9.84 Å². The highest BCUT2D eigenvalue weighted by atomic mass is 32.2. The summed E-state index contributed by atoms with van der Waals surface area (Å²) < 4.78 is 26.5. The molecule has 1 aromatic carbocycles. The number of benzene rings is 1. The van der Waals surface area contributed by atoms with E-state index in [4.69, 9.17) is 5.73 Å². The number of likely N-dealkylation sites (tertiary alicyclic amines) is 1. The van der Waals surface area contributed by atoms with Gasteiger partial charge < -0.3 is 26.6 Å². The van der Waals surface area contributed by atoms with E-state index in [2.05, 4.69) is 16.0 Å². The quantitative estimate of drug-likeness (QED) is 0.243. The molecule has 0 bridgehead atoms. The minimum atomic E-state index is -3.75. The van der Waals surface area contributed by atoms with Crippen LogP contribution < -0.4 is 21.7 Å². The zero-order valence-electron chi connectivity index (χ0n) is 29.9. The first-order valence-electron chi connectivity index (χ1n) is 16.7. The van der Waals surface area contributed by atoms with Gasteiger partial charge in [-0.15, -0.1) is 0 Å². The molecule has 3 rings (SSSR count). The largest absolute Gasteiger partial charge is 0.363 e. The number of urea groups is 1. The number of ketones is 1. The minimum absolute atomic E-state index is 0.146. The van der Waals surface area contributed by atoms with E-state index in [1.165, 1.54) is 17.0 Å². The van der Waals surface area contributed by atoms with E-state index in [9.17, 15) is 32.4 Å². The number of hydrogen-bond donors (Lipinski definition) is 4. The molecule has 1 saturated carbocycles. The zero-order chi connectivity index (χ0) is 36.4. The minimum Gasteiger partial charge on any atom is -0.363 e. The highest BCUT2D eigenvalue weighted by Gasteiger charge is 2.50. The van der Waals surface area contributed by atoms with Crippen LogP contribution in [0.2, 0.25) is 0 Å². The maximum absolute atomic E-state index is 14.4. The number of primary amides is 1. The number of Topliss-reactive ketones (excluding diaryl/α,β-unsaturated/α-hetero) is 1. The maximum Gasteiger partial charge on any atom is 0.315 e. The summed E-state index contributed by atoms with van der Waals surface area (Å²) >= 11 is 0. The van der Waals surface area contributed by atoms with Crippen LogP contribution in [0.15, 0.2) is 35.2 Å². The molecule has 0 spiro atoms. The molecule has 1 aliphatic carbocycles. The second kappa shape index (κ2) is 14.6. The van der Waals surface area contributed by atoms with Crippen LogP contribution in [-0.2, 0) is 29.0 Å². The predicted octanol–water partition coefficient (Wildman–Crippen LogP) is 3.19. The highest BCUT2D eigenvalue weighted by molar-refractivity contribution is 7.91. The molecule has 1 aromatic rings. The van der Waals surface area contributed by atoms with Crippen molar-refractivity contribution in [3.05, 3.63) is 30.3 Å². The maximum atomic E-state index is 14.4. The molecule has 1 aliphatic heterocycles. The van der Waals surface area contributed by atoms with E-state index < -0.39 is 79.8 Å². The fraction of sp³-hybridized carbons (Fsp3) is 0.686. The number of nitrogens with two attached hydrogens (primary N) is 1. The predicted molar refractivity (Wildman–Crippen MR) is 183 cm³/mol. The van der Waals surface area contributed by atoms with Crippen LogP contribution in [0.4, 0.5) is 4.79 Å². The molecule has 48 heavy (non-hydrogen) atoms. The second-order valence-electron chi connectivity index (χ2n) is 16.6. The van der Waals surface area contributed by atoms with Crippen molar-refractivity contribution < 1.29 is 32.4 Å². The van der Waals surface area contributed by atoms with E-state index in [1.54, 1.807) is 39.0 Å². The lowest BCUT2D eigenvalue weighted by atomic mass is 9.75. The third-order valence-electron chi connectivity index (χ3n) is 9.43. The number of hydrogen-bond acceptors (Lipinski definition) is 7. The van der Waals surface area contributed by atoms with Gasteiger partial charge in [0.1, 0.15) is 12.1 Å². The van der Waals surface area contributed by atoms with E-state index in [-0.39, 0.29) is 29.0 Å². The Morgan fingerprint density at radius 2 is 1.44 bits per heavy atom. The molecule has 0 aromatic heterocycles. The number of sulfone groups is 1. The Hall–Kier alpha value is -3.48. The molecule has 268 valence electrons. The summed E-state index contributed by atoms with van der Waals surface area (Å²) in [7, 11) is -3.75. The van der Waals surface area contributed by atoms with Crippen molar-refractivity contribution in [3.8, 4) is 0 Å². The van der Waals surface area contributed by atoms with Gasteiger partial charge in [0.2, 0.25) is 17.6 Å². The molecule has 12 nitrogen and oxygen atoms in total. The second-order valence-corrected chi connectivity index (χ2v) is 18.7. The van der Waals surface area contributed by atoms with Crippen LogP contribution in [-0.4, -0.2) is 79.3 Å². The Morgan fingerprint density at radius 3 is 1.92 bits per heavy atom. The molecule has 5 atom stereocenters. The fourth-order valence-corrected chi connectivity index (χ4v) is 8.00. The van der Waals surface area contributed by atoms with Crippen molar-refractivity contribution in [1.29, 1.82) is 0 Å². The highest BCUT2D eigenvalue weighted by Crippen LogP contribution is 2.40. The lowest BCUT2D eigenvalue weighted by molar-refractivity contribution is -0.145. The van der Waals surface area contributed by atoms with Gasteiger partial charge in [-0.25, -0.2) is 13.2 Å². The molecule has 13 heteroatoms. The molecule has 1 saturated heterocycles. The molecular formula is C35H55N5O7S. The summed E-state index contributed by atoms with van der Waals surface area (Å²) in [6.07, 6.45) is 2.60. The van der Waals surface area contributed by atoms with Gasteiger partial charge >= 0.3 is 6.03 Å². The van der Waals surface area contributed by atoms with E-state index in [0.29, 0.717) is 12.8 Å². The van der Waals surface area contributed by atoms with Crippen LogP contribution in [0.25, 0.3) is 0 Å². The van der Waals surface area contributed by atoms with Crippen molar-refractivity contribution in [2.75, 3.05) is 12.3 Å². The Bertz CT molecular complexity index is 1470. The Balaban J connectivity index is 1.87. The Labute approximate surface area is 285 Å². The van der Waals surface area contributed by atoms with Gasteiger partial charge in [0.25, 0.3) is 5.91 Å². The molecule has 1 heterocycles. The van der Waals surface area contributed by atoms with Crippen molar-refractivity contribution in [3.63, 3.8) is 0 Å². The standard InChI is InChI=1S/C35H55N5O7S/c1-33(2,3)23-17-18-40(26(23)30(43)37-24(19-21-15-16-21)27(41)29(36)42)31(44)28(35(7,8)9)39-32(45)38-25(34(4,5)6)20-48(46,47)22-13-11-10-12-14-22/h10-14,21,23-26,28H,15-20H2,1-9H3,(H2,36,42)(H,37,43)(H2,38,39,45)/t23?,24?,25?,26-,28+/m0/s1. The first-order valence-corrected chi connectivity index (χ1v) is 18.4. The van der Waals surface area contributed by atoms with E-state index in [1.807, 2.05) is 41.5 Å². The molecule has 3 unspecified atom stereocenters. The number of nitrogens with one attached hydrogen (secondary N) is 3. The monoisotopic (exact) mass is 689 g/mol. The van der Waals surface area contributed by atoms with Crippen molar-refractivity contribution >= 4 is 39.4 Å². The molecular weight excluding hydrogens is 634 g/mol. The lowest BCUT2D eigenvalue weighted by Gasteiger charge is -2.39. The van der Waals surface area contributed by atoms with Crippen LogP contribution in [0.5, 0.6) is 0 Å². The smallest absolute Gasteiger partial charge is 0.315 e. The van der Waals surface area contributed by atoms with Gasteiger partial charge in [-0.3, -0.25) is 19.2 Å². The first kappa shape index (κ1) is 39.0. The summed E-state index contributed by atoms with van der Waals surface area (Å²) in [5.41, 5.74) is 3.45. The normalized spacial score (nSPS) is 20.7. The summed E-state index contributed by atoms with van der Waals surface area (Å²) in [5.74, 6) is -3.44. The summed E-state index contributed by atoms with van der Waals surface area (Å²) in [4.78, 5) is 68.1. The topological polar surface area (TPSA) is 185 Å². The number of carbonyl (C=O) groups is 5. The van der Waals surface area contributed by atoms with Crippen LogP contribution in [0.1, 0.15) is 88.0 Å². The van der Waals surface area contributed by atoms with E-state index in [0.717, 1.165) is 12.8 Å². The van der Waals surface area contributed by atoms with Gasteiger partial charge in [-0.2, -0.15) is 0 Å². The van der Waals surface area contributed by atoms with E-state index >= 15 is 0 Å². The Morgan fingerprint density at radius 1 is 0.854 bits per heavy atom. The molecule has 5 N–H and O–H groups in total. The number of rotatable bonds is 12. The Kier molecular flexibility index (Phi) is 11.8. The fourth-order valence-electron chi connectivity index (χ4n) is 6.21. The summed E-state index contributed by atoms with van der Waals surface area (Å²) in [6.45, 7) is 17.0. The molecule has 2 aliphatic rings. The molecule has 0 radical (unpaired) electrons. The number of amides is 5. The number of carbonyl (C=O) groups excluding carboxylic acids is 5. The van der Waals surface area contributed by atoms with Gasteiger partial charge in [0.05, 0.1) is 16.7 Å². The van der Waals surface area contributed by atoms with Gasteiger partial charge in [0, 0.05) is 12.6 Å². The van der Waals surface area contributed by atoms with Crippen LogP contribution >= 0.6 is 0 Å². The third kappa shape index (κ3) is 10.0. The van der Waals surface area contributed by atoms with Crippen LogP contribution in [0.3, 0.4) is 0 Å². The van der Waals surface area contributed by atoms with Crippen molar-refractivity contribution in [2.45, 2.75) is 117 Å². The summed E-state index contributed by atoms with van der Waals surface area (Å²) in [6, 6.07) is 3.36. The average molecular weight is 690 g/mol. The lowest BCUT2D eigenvalue weighted by Crippen LogP contribution is -2.62. The average Bonchev–Trinajstić information content (AvgIpc) is 3.65. The number of nitrogens with zero attached hydrogens (tertiary/aromatic N) is 1. The van der Waals surface area contributed by atoms with Crippen molar-refractivity contribution in [1.82, 2.24) is 20.9 Å². The van der Waals surface area contributed by atoms with Crippen LogP contribution in [0, 0.1) is 28.1 Å². The van der Waals surface area contributed by atoms with Gasteiger partial charge in [-0.1, -0.05) is 93.4 Å². The third-order valence-corrected chi connectivity index (χ3v) is 11.2. The molecule has 2 fully saturated rings. The SMILES string of the molecule is CC(C)(C)C(CS(=O)(=O)c1ccccc1)NC(=O)N[C@H](C(=O)N1CCC(C(C)(C)C)[C@H]1C(=O)NC(CC1CC1)C(=O)C(N)=O)C(C)(C)C. The van der Waals surface area contributed by atoms with Gasteiger partial charge in [-0.05, 0) is 53.1 Å². The molecule has 5 amide bonds. The summed E-state index contributed by atoms with van der Waals surface area (Å²) in [5, 5.41) is 8.37.